The number of halogens is 2. The van der Waals surface area contributed by atoms with Crippen molar-refractivity contribution in [2.24, 2.45) is 18.5 Å². The lowest BCUT2D eigenvalue weighted by molar-refractivity contribution is -0.0554. The second kappa shape index (κ2) is 7.56. The summed E-state index contributed by atoms with van der Waals surface area (Å²) >= 11 is 0. The van der Waals surface area contributed by atoms with Gasteiger partial charge in [-0.1, -0.05) is 6.07 Å². The molecule has 0 aliphatic heterocycles. The Kier molecular flexibility index (Phi) is 5.07. The van der Waals surface area contributed by atoms with Gasteiger partial charge in [0.25, 0.3) is 11.8 Å². The second-order valence-electron chi connectivity index (χ2n) is 7.68. The fourth-order valence-electron chi connectivity index (χ4n) is 3.92. The van der Waals surface area contributed by atoms with Crippen LogP contribution in [0.2, 0.25) is 0 Å². The van der Waals surface area contributed by atoms with Crippen LogP contribution >= 0.6 is 0 Å². The zero-order valence-corrected chi connectivity index (χ0v) is 16.5. The van der Waals surface area contributed by atoms with Gasteiger partial charge < -0.3 is 26.7 Å². The molecule has 0 radical (unpaired) electrons. The van der Waals surface area contributed by atoms with Crippen molar-refractivity contribution >= 4 is 34.1 Å². The molecule has 30 heavy (non-hydrogen) atoms. The average Bonchev–Trinajstić information content (AvgIpc) is 3.08. The van der Waals surface area contributed by atoms with E-state index >= 15 is 0 Å². The molecule has 1 aliphatic carbocycles. The van der Waals surface area contributed by atoms with Crippen molar-refractivity contribution in [1.82, 2.24) is 9.55 Å². The van der Waals surface area contributed by atoms with Crippen molar-refractivity contribution in [3.63, 3.8) is 0 Å². The maximum Gasteiger partial charge on any atom is 0.264 e. The molecule has 1 amide bonds. The maximum atomic E-state index is 14.0. The number of pyridine rings is 1. The van der Waals surface area contributed by atoms with Crippen molar-refractivity contribution in [2.75, 3.05) is 10.6 Å². The Bertz CT molecular complexity index is 1100. The zero-order valence-electron chi connectivity index (χ0n) is 16.5. The van der Waals surface area contributed by atoms with Crippen LogP contribution in [0.5, 0.6) is 0 Å². The van der Waals surface area contributed by atoms with E-state index in [0.29, 0.717) is 18.7 Å². The van der Waals surface area contributed by atoms with Crippen LogP contribution in [-0.2, 0) is 7.05 Å². The Morgan fingerprint density at radius 3 is 2.83 bits per heavy atom. The summed E-state index contributed by atoms with van der Waals surface area (Å²) < 4.78 is 29.9. The number of aryl methyl sites for hydroxylation is 1. The van der Waals surface area contributed by atoms with E-state index in [0.717, 1.165) is 16.6 Å². The number of hydrogen-bond donors (Lipinski definition) is 4. The predicted molar refractivity (Wildman–Crippen MR) is 113 cm³/mol. The monoisotopic (exact) mass is 414 g/mol. The summed E-state index contributed by atoms with van der Waals surface area (Å²) in [7, 11) is 1.94. The molecule has 1 aromatic carbocycles. The first-order valence-corrected chi connectivity index (χ1v) is 9.78. The Morgan fingerprint density at radius 2 is 2.07 bits per heavy atom. The number of aromatic nitrogens is 2. The molecule has 0 spiro atoms. The van der Waals surface area contributed by atoms with E-state index in [1.807, 2.05) is 42.1 Å². The topological polar surface area (TPSA) is 111 Å². The van der Waals surface area contributed by atoms with Gasteiger partial charge in [-0.2, -0.15) is 0 Å². The third-order valence-corrected chi connectivity index (χ3v) is 5.62. The summed E-state index contributed by atoms with van der Waals surface area (Å²) in [5, 5.41) is 7.13. The minimum absolute atomic E-state index is 0.201. The number of nitrogens with one attached hydrogen (secondary N) is 2. The number of carbonyl (C=O) groups is 1. The number of rotatable bonds is 5. The third-order valence-electron chi connectivity index (χ3n) is 5.62. The van der Waals surface area contributed by atoms with Gasteiger partial charge in [-0.15, -0.1) is 0 Å². The van der Waals surface area contributed by atoms with Crippen molar-refractivity contribution < 1.29 is 13.6 Å². The molecule has 3 aromatic rings. The molecule has 0 bridgehead atoms. The van der Waals surface area contributed by atoms with Gasteiger partial charge in [0.15, 0.2) is 0 Å². The third kappa shape index (κ3) is 3.68. The first-order chi connectivity index (χ1) is 14.3. The molecule has 6 N–H and O–H groups in total. The van der Waals surface area contributed by atoms with E-state index in [2.05, 4.69) is 15.6 Å². The smallest absolute Gasteiger partial charge is 0.264 e. The summed E-state index contributed by atoms with van der Waals surface area (Å²) in [6, 6.07) is 8.83. The Hall–Kier alpha value is -3.20. The van der Waals surface area contributed by atoms with Gasteiger partial charge in [0, 0.05) is 42.3 Å². The van der Waals surface area contributed by atoms with E-state index in [-0.39, 0.29) is 17.8 Å². The molecule has 158 valence electrons. The lowest BCUT2D eigenvalue weighted by atomic mass is 9.87. The van der Waals surface area contributed by atoms with Gasteiger partial charge in [0.1, 0.15) is 11.6 Å². The lowest BCUT2D eigenvalue weighted by Gasteiger charge is -2.36. The van der Waals surface area contributed by atoms with Gasteiger partial charge in [0.05, 0.1) is 11.6 Å². The normalized spacial score (nSPS) is 20.8. The summed E-state index contributed by atoms with van der Waals surface area (Å²) in [5.41, 5.74) is 13.2. The predicted octanol–water partition coefficient (Wildman–Crippen LogP) is 3.34. The molecule has 0 saturated heterocycles. The average molecular weight is 414 g/mol. The van der Waals surface area contributed by atoms with E-state index in [4.69, 9.17) is 11.5 Å². The number of hydrogen-bond acceptors (Lipinski definition) is 5. The van der Waals surface area contributed by atoms with Gasteiger partial charge >= 0.3 is 0 Å². The molecule has 1 saturated carbocycles. The first kappa shape index (κ1) is 20.1. The molecule has 2 heterocycles. The van der Waals surface area contributed by atoms with Gasteiger partial charge in [0.2, 0.25) is 0 Å². The quantitative estimate of drug-likeness (QED) is 0.512. The van der Waals surface area contributed by atoms with Crippen molar-refractivity contribution in [3.05, 3.63) is 48.2 Å². The molecular formula is C21H24F2N6O. The minimum atomic E-state index is -2.92. The number of amides is 1. The standard InChI is InChI=1S/C21H24F2N6O/c1-29-11-9-12-14(4-2-6-16(12)29)27-20-13(19(25)30)7-8-17(28-20)26-15-5-3-10-21(22,23)18(15)24/h2,4,6-9,11,15,18H,3,5,10,24H2,1H3,(H2,25,30)(H2,26,27,28). The van der Waals surface area contributed by atoms with Crippen LogP contribution in [0.3, 0.4) is 0 Å². The van der Waals surface area contributed by atoms with Crippen LogP contribution < -0.4 is 22.1 Å². The highest BCUT2D eigenvalue weighted by Crippen LogP contribution is 2.34. The zero-order chi connectivity index (χ0) is 21.5. The molecule has 7 nitrogen and oxygen atoms in total. The van der Waals surface area contributed by atoms with Gasteiger partial charge in [-0.05, 0) is 43.2 Å². The fraction of sp³-hybridized carbons (Fsp3) is 0.333. The largest absolute Gasteiger partial charge is 0.365 e. The second-order valence-corrected chi connectivity index (χ2v) is 7.68. The number of nitrogens with zero attached hydrogens (tertiary/aromatic N) is 2. The molecule has 4 rings (SSSR count). The van der Waals surface area contributed by atoms with Crippen LogP contribution in [0.4, 0.5) is 26.1 Å². The van der Waals surface area contributed by atoms with Crippen LogP contribution in [-0.4, -0.2) is 33.5 Å². The number of nitrogens with two attached hydrogens (primary N) is 2. The van der Waals surface area contributed by atoms with Crippen molar-refractivity contribution in [2.45, 2.75) is 37.3 Å². The first-order valence-electron chi connectivity index (χ1n) is 9.78. The Morgan fingerprint density at radius 1 is 1.27 bits per heavy atom. The van der Waals surface area contributed by atoms with Crippen LogP contribution in [0.15, 0.2) is 42.6 Å². The molecule has 1 fully saturated rings. The lowest BCUT2D eigenvalue weighted by Crippen LogP contribution is -2.55. The van der Waals surface area contributed by atoms with Gasteiger partial charge in [-0.3, -0.25) is 4.79 Å². The number of primary amides is 1. The summed E-state index contributed by atoms with van der Waals surface area (Å²) in [6.45, 7) is 0. The van der Waals surface area contributed by atoms with Crippen LogP contribution in [0.25, 0.3) is 10.9 Å². The SMILES string of the molecule is Cn1ccc2c(Nc3nc(NC4CCCC(F)(F)C4N)ccc3C(N)=O)cccc21. The maximum absolute atomic E-state index is 14.0. The van der Waals surface area contributed by atoms with Gasteiger partial charge in [-0.25, -0.2) is 13.8 Å². The van der Waals surface area contributed by atoms with E-state index in [1.54, 1.807) is 6.07 Å². The number of anilines is 3. The molecule has 2 aromatic heterocycles. The number of fused-ring (bicyclic) bond motifs is 1. The summed E-state index contributed by atoms with van der Waals surface area (Å²) in [6.07, 6.45) is 2.61. The fourth-order valence-corrected chi connectivity index (χ4v) is 3.92. The molecule has 2 unspecified atom stereocenters. The van der Waals surface area contributed by atoms with Crippen molar-refractivity contribution in [3.8, 4) is 0 Å². The summed E-state index contributed by atoms with van der Waals surface area (Å²) in [5.74, 6) is -2.97. The van der Waals surface area contributed by atoms with Crippen molar-refractivity contribution in [1.29, 1.82) is 0 Å². The van der Waals surface area contributed by atoms with Crippen LogP contribution in [0.1, 0.15) is 29.6 Å². The number of carbonyl (C=O) groups excluding carboxylic acids is 1. The molecule has 1 aliphatic rings. The van der Waals surface area contributed by atoms with E-state index in [9.17, 15) is 13.6 Å². The Balaban J connectivity index is 1.66. The highest BCUT2D eigenvalue weighted by molar-refractivity contribution is 6.00. The number of alkyl halides is 2. The minimum Gasteiger partial charge on any atom is -0.365 e. The number of benzene rings is 1. The van der Waals surface area contributed by atoms with E-state index < -0.39 is 23.9 Å². The Labute approximate surface area is 172 Å². The molecule has 2 atom stereocenters. The molecular weight excluding hydrogens is 390 g/mol. The highest BCUT2D eigenvalue weighted by atomic mass is 19.3. The highest BCUT2D eigenvalue weighted by Gasteiger charge is 2.44. The van der Waals surface area contributed by atoms with Crippen LogP contribution in [0, 0.1) is 0 Å². The van der Waals surface area contributed by atoms with E-state index in [1.165, 1.54) is 6.07 Å². The summed E-state index contributed by atoms with van der Waals surface area (Å²) in [4.78, 5) is 16.4. The molecule has 9 heteroatoms.